The Morgan fingerprint density at radius 2 is 0.670 bits per heavy atom. The van der Waals surface area contributed by atoms with Crippen LogP contribution in [0.5, 0.6) is 5.75 Å². The minimum Gasteiger partial charge on any atom is -0.497 e. The van der Waals surface area contributed by atoms with E-state index < -0.39 is 0 Å². The lowest BCUT2D eigenvalue weighted by Gasteiger charge is -2.11. The van der Waals surface area contributed by atoms with Gasteiger partial charge < -0.3 is 47.3 Å². The summed E-state index contributed by atoms with van der Waals surface area (Å²) in [5.41, 5.74) is 24.3. The van der Waals surface area contributed by atoms with Crippen molar-refractivity contribution in [2.75, 3.05) is 62.7 Å². The van der Waals surface area contributed by atoms with E-state index in [4.69, 9.17) is 47.9 Å². The number of rotatable bonds is 15. The van der Waals surface area contributed by atoms with Crippen LogP contribution in [0.4, 0.5) is 69.8 Å². The largest absolute Gasteiger partial charge is 0.497 e. The molecule has 0 saturated heterocycles. The molecule has 4 aliphatic rings. The summed E-state index contributed by atoms with van der Waals surface area (Å²) in [6.45, 7) is 4.77. The maximum atomic E-state index is 6.06. The van der Waals surface area contributed by atoms with E-state index in [1.54, 1.807) is 81.5 Å². The molecule has 115 heavy (non-hydrogen) atoms. The summed E-state index contributed by atoms with van der Waals surface area (Å²) in [6.07, 6.45) is 30.4. The Kier molecular flexibility index (Phi) is 21.5. The highest BCUT2D eigenvalue weighted by atomic mass is 35.5. The fraction of sp³-hybridized carbons (Fsp3) is 0.0909. The van der Waals surface area contributed by atoms with Crippen LogP contribution in [-0.2, 0) is 25.9 Å². The smallest absolute Gasteiger partial charge is 0.223 e. The van der Waals surface area contributed by atoms with Crippen molar-refractivity contribution < 1.29 is 4.74 Å². The number of ether oxygens (including phenoxy) is 1. The highest BCUT2D eigenvalue weighted by Crippen LogP contribution is 2.47. The molecular weight excluding hydrogens is 1480 g/mol. The van der Waals surface area contributed by atoms with Gasteiger partial charge in [0.1, 0.15) is 29.0 Å². The Morgan fingerprint density at radius 1 is 0.304 bits per heavy atom. The minimum absolute atomic E-state index is 0.555. The van der Waals surface area contributed by atoms with Crippen molar-refractivity contribution in [2.45, 2.75) is 32.9 Å². The number of hydrogen-bond acceptors (Lipinski definition) is 25. The molecule has 0 unspecified atom stereocenters. The van der Waals surface area contributed by atoms with Crippen LogP contribution < -0.4 is 47.3 Å². The van der Waals surface area contributed by atoms with E-state index in [1.807, 2.05) is 164 Å². The van der Waals surface area contributed by atoms with Crippen LogP contribution in [0, 0.1) is 6.92 Å². The fourth-order valence-corrected chi connectivity index (χ4v) is 14.0. The SMILES string of the molecule is COc1cccc(CNc2ncc3c(n2)-c2cccnc2Nc2cnccc2-3)c1.Cc1cccc(CNc2ncc3c(n2)-c2cccnc2Nc2cnccc2-3)c1.Clc1ccc(CCNc2ncc3c(n2)-c2cccnc2Nc2cnccc2-3)cc1.Clc1cccc(CCNc2ncc3c(n2)-c2cccnc2Nc2cnccc2-3)c1. The number of benzene rings is 4. The summed E-state index contributed by atoms with van der Waals surface area (Å²) >= 11 is 12.0. The highest BCUT2D eigenvalue weighted by Gasteiger charge is 2.27. The molecule has 25 nitrogen and oxygen atoms in total. The number of aryl methyl sites for hydroxylation is 1. The molecule has 4 aliphatic heterocycles. The Balaban J connectivity index is 0.000000111. The molecule has 4 aromatic carbocycles. The van der Waals surface area contributed by atoms with Gasteiger partial charge in [0, 0.05) is 177 Å². The molecule has 16 heterocycles. The van der Waals surface area contributed by atoms with Crippen molar-refractivity contribution in [3.05, 3.63) is 307 Å². The van der Waals surface area contributed by atoms with Crippen molar-refractivity contribution in [3.8, 4) is 95.3 Å². The molecule has 16 aromatic rings. The maximum absolute atomic E-state index is 6.06. The molecule has 27 heteroatoms. The van der Waals surface area contributed by atoms with E-state index in [2.05, 4.69) is 140 Å². The van der Waals surface area contributed by atoms with E-state index in [0.717, 1.165) is 176 Å². The second-order valence-electron chi connectivity index (χ2n) is 26.8. The van der Waals surface area contributed by atoms with Crippen LogP contribution in [0.25, 0.3) is 89.5 Å². The number of aromatic nitrogens is 16. The Hall–Kier alpha value is -14.8. The lowest BCUT2D eigenvalue weighted by Crippen LogP contribution is -2.08. The van der Waals surface area contributed by atoms with Crippen molar-refractivity contribution in [2.24, 2.45) is 0 Å². The molecule has 12 aromatic heterocycles. The molecule has 562 valence electrons. The van der Waals surface area contributed by atoms with Crippen LogP contribution in [0.3, 0.4) is 0 Å². The second kappa shape index (κ2) is 33.8. The van der Waals surface area contributed by atoms with Gasteiger partial charge in [0.15, 0.2) is 0 Å². The number of nitrogens with zero attached hydrogens (tertiary/aromatic N) is 16. The predicted molar refractivity (Wildman–Crippen MR) is 453 cm³/mol. The molecule has 0 spiro atoms. The maximum Gasteiger partial charge on any atom is 0.223 e. The summed E-state index contributed by atoms with van der Waals surface area (Å²) in [4.78, 5) is 72.3. The van der Waals surface area contributed by atoms with E-state index in [-0.39, 0.29) is 0 Å². The van der Waals surface area contributed by atoms with Gasteiger partial charge in [-0.15, -0.1) is 0 Å². The van der Waals surface area contributed by atoms with Crippen molar-refractivity contribution in [1.82, 2.24) is 79.7 Å². The minimum atomic E-state index is 0.555. The van der Waals surface area contributed by atoms with Gasteiger partial charge in [0.25, 0.3) is 0 Å². The third kappa shape index (κ3) is 16.7. The van der Waals surface area contributed by atoms with Crippen molar-refractivity contribution in [3.63, 3.8) is 0 Å². The van der Waals surface area contributed by atoms with Gasteiger partial charge in [-0.1, -0.05) is 89.4 Å². The van der Waals surface area contributed by atoms with E-state index >= 15 is 0 Å². The standard InChI is InChI=1S/2C22H17ClN6.C22H18N6O.C22H18N6/c23-15-4-1-3-14(11-15)6-10-26-22-27-12-18-16-7-9-24-13-19(16)28-21-17(20(18)29-22)5-2-8-25-21;23-15-5-3-14(4-6-15)7-11-26-22-27-12-18-16-8-10-24-13-19(16)28-21-17(20(18)29-22)2-1-9-25-21;1-29-15-5-2-4-14(10-15)11-25-22-26-12-18-16-7-9-23-13-19(16)27-21-17(20(18)28-22)6-3-8-24-21;1-14-4-2-5-15(10-14)11-25-22-26-12-18-16-7-9-23-13-19(16)27-21-17(20(18)28-22)6-3-8-24-21/h1-5,7-9,11-13H,6,10H2,(H,25,28)(H,26,27,29);1-6,8-10,12-13H,7,11H2,(H,25,28)(H,26,27,29);2-10,12-13H,11H2,1H3,(H,24,27)(H,25,26,28);2-10,12-13H,11H2,1H3,(H,24,27)(H,25,26,28). The van der Waals surface area contributed by atoms with Crippen LogP contribution in [0.1, 0.15) is 27.8 Å². The third-order valence-corrected chi connectivity index (χ3v) is 19.7. The van der Waals surface area contributed by atoms with Gasteiger partial charge in [-0.25, -0.2) is 59.8 Å². The first-order chi connectivity index (χ1) is 56.6. The molecular formula is C88H70Cl2N24O. The normalized spacial score (nSPS) is 11.4. The zero-order valence-corrected chi connectivity index (χ0v) is 63.5. The number of methoxy groups -OCH3 is 1. The number of fused-ring (bicyclic) bond motifs is 20. The molecule has 0 fully saturated rings. The average molecular weight is 1550 g/mol. The molecule has 0 atom stereocenters. The average Bonchev–Trinajstić information content (AvgIpc) is 1.66. The van der Waals surface area contributed by atoms with Gasteiger partial charge >= 0.3 is 0 Å². The summed E-state index contributed by atoms with van der Waals surface area (Å²) in [6, 6.07) is 55.6. The third-order valence-electron chi connectivity index (χ3n) is 19.2. The van der Waals surface area contributed by atoms with Crippen LogP contribution in [0.2, 0.25) is 10.0 Å². The topological polar surface area (TPSA) is 312 Å². The van der Waals surface area contributed by atoms with Gasteiger partial charge in [0.2, 0.25) is 23.8 Å². The van der Waals surface area contributed by atoms with Gasteiger partial charge in [-0.2, -0.15) is 0 Å². The summed E-state index contributed by atoms with van der Waals surface area (Å²) in [5.74, 6) is 6.16. The number of anilines is 12. The van der Waals surface area contributed by atoms with Gasteiger partial charge in [-0.3, -0.25) is 19.9 Å². The van der Waals surface area contributed by atoms with E-state index in [9.17, 15) is 0 Å². The molecule has 0 radical (unpaired) electrons. The zero-order chi connectivity index (χ0) is 77.8. The molecule has 0 bridgehead atoms. The quantitative estimate of drug-likeness (QED) is 0.0473. The van der Waals surface area contributed by atoms with E-state index in [1.165, 1.54) is 22.3 Å². The lowest BCUT2D eigenvalue weighted by molar-refractivity contribution is 0.414. The number of pyridine rings is 8. The fourth-order valence-electron chi connectivity index (χ4n) is 13.6. The summed E-state index contributed by atoms with van der Waals surface area (Å²) in [5, 5.41) is 28.2. The molecule has 0 amide bonds. The molecule has 0 aliphatic carbocycles. The zero-order valence-electron chi connectivity index (χ0n) is 62.0. The molecule has 0 saturated carbocycles. The number of nitrogens with one attached hydrogen (secondary N) is 8. The van der Waals surface area contributed by atoms with Gasteiger partial charge in [0.05, 0.1) is 77.4 Å². The molecule has 20 rings (SSSR count). The van der Waals surface area contributed by atoms with E-state index in [0.29, 0.717) is 43.4 Å². The molecule has 8 N–H and O–H groups in total. The van der Waals surface area contributed by atoms with Gasteiger partial charge in [-0.05, 0) is 151 Å². The van der Waals surface area contributed by atoms with Crippen LogP contribution in [0.15, 0.2) is 269 Å². The Morgan fingerprint density at radius 3 is 1.06 bits per heavy atom. The number of halogens is 2. The monoisotopic (exact) mass is 1550 g/mol. The van der Waals surface area contributed by atoms with Crippen molar-refractivity contribution in [1.29, 1.82) is 0 Å². The Bertz CT molecular complexity index is 6240. The number of hydrogen-bond donors (Lipinski definition) is 8. The first-order valence-electron chi connectivity index (χ1n) is 36.9. The van der Waals surface area contributed by atoms with Crippen LogP contribution in [-0.4, -0.2) is 99.9 Å². The first kappa shape index (κ1) is 73.0. The predicted octanol–water partition coefficient (Wildman–Crippen LogP) is 18.8. The summed E-state index contributed by atoms with van der Waals surface area (Å²) in [7, 11) is 1.66. The first-order valence-corrected chi connectivity index (χ1v) is 37.7. The van der Waals surface area contributed by atoms with Crippen molar-refractivity contribution >= 4 is 93.0 Å². The lowest BCUT2D eigenvalue weighted by atomic mass is 10.0. The highest BCUT2D eigenvalue weighted by molar-refractivity contribution is 6.31. The summed E-state index contributed by atoms with van der Waals surface area (Å²) < 4.78 is 5.29. The van der Waals surface area contributed by atoms with Crippen LogP contribution >= 0.6 is 23.2 Å². The Labute approximate surface area is 671 Å². The second-order valence-corrected chi connectivity index (χ2v) is 27.6.